The molecule has 0 bridgehead atoms. The van der Waals surface area contributed by atoms with Gasteiger partial charge in [0.1, 0.15) is 0 Å². The minimum atomic E-state index is -3.15. The average Bonchev–Trinajstić information content (AvgIpc) is 2.73. The lowest BCUT2D eigenvalue weighted by molar-refractivity contribution is 0.475. The molecule has 0 saturated heterocycles. The fourth-order valence-corrected chi connectivity index (χ4v) is 3.64. The minimum Gasteiger partial charge on any atom is -0.307 e. The van der Waals surface area contributed by atoms with Crippen LogP contribution in [0, 0.1) is 13.8 Å². The van der Waals surface area contributed by atoms with Crippen molar-refractivity contribution in [2.24, 2.45) is 7.05 Å². The molecule has 1 aromatic heterocycles. The Bertz CT molecular complexity index is 808. The molecule has 2 aromatic rings. The van der Waals surface area contributed by atoms with Gasteiger partial charge in [-0.05, 0) is 57.4 Å². The van der Waals surface area contributed by atoms with Gasteiger partial charge in [-0.25, -0.2) is 8.42 Å². The van der Waals surface area contributed by atoms with Gasteiger partial charge in [0.2, 0.25) is 0 Å². The molecule has 24 heavy (non-hydrogen) atoms. The maximum absolute atomic E-state index is 11.5. The van der Waals surface area contributed by atoms with Gasteiger partial charge in [-0.3, -0.25) is 4.68 Å². The predicted octanol–water partition coefficient (Wildman–Crippen LogP) is 2.72. The third-order valence-corrected chi connectivity index (χ3v) is 5.64. The summed E-state index contributed by atoms with van der Waals surface area (Å²) in [7, 11) is -1.18. The van der Waals surface area contributed by atoms with Crippen LogP contribution in [0.3, 0.4) is 0 Å². The topological polar surface area (TPSA) is 64.0 Å². The van der Waals surface area contributed by atoms with E-state index in [9.17, 15) is 8.42 Å². The molecule has 0 aliphatic heterocycles. The number of aryl methyl sites for hydroxylation is 2. The summed E-state index contributed by atoms with van der Waals surface area (Å²) in [5.74, 6) is 0. The second-order valence-corrected chi connectivity index (χ2v) is 8.62. The zero-order valence-electron chi connectivity index (χ0n) is 15.3. The zero-order chi connectivity index (χ0) is 18.1. The van der Waals surface area contributed by atoms with Crippen LogP contribution in [0.1, 0.15) is 42.4 Å². The molecule has 1 heterocycles. The first-order chi connectivity index (χ1) is 11.1. The summed E-state index contributed by atoms with van der Waals surface area (Å²) >= 11 is 0. The molecule has 0 unspecified atom stereocenters. The third-order valence-electron chi connectivity index (χ3n) is 4.51. The molecule has 0 aliphatic carbocycles. The normalized spacial score (nSPS) is 14.6. The molecule has 2 atom stereocenters. The minimum absolute atomic E-state index is 0.144. The fraction of sp³-hybridized carbons (Fsp3) is 0.500. The summed E-state index contributed by atoms with van der Waals surface area (Å²) in [5.41, 5.74) is 4.64. The molecule has 0 saturated carbocycles. The fourth-order valence-electron chi connectivity index (χ4n) is 3.00. The number of sulfone groups is 1. The van der Waals surface area contributed by atoms with Gasteiger partial charge in [0, 0.05) is 31.1 Å². The summed E-state index contributed by atoms with van der Waals surface area (Å²) in [6, 6.07) is 7.52. The first-order valence-corrected chi connectivity index (χ1v) is 10.0. The van der Waals surface area contributed by atoms with Crippen molar-refractivity contribution in [3.63, 3.8) is 0 Å². The Balaban J connectivity index is 2.04. The van der Waals surface area contributed by atoms with Crippen molar-refractivity contribution in [2.75, 3.05) is 6.26 Å². The summed E-state index contributed by atoms with van der Waals surface area (Å²) < 4.78 is 25.0. The Labute approximate surface area is 145 Å². The van der Waals surface area contributed by atoms with Crippen LogP contribution >= 0.6 is 0 Å². The molecule has 6 heteroatoms. The number of aromatic nitrogens is 2. The molecule has 0 amide bonds. The van der Waals surface area contributed by atoms with Crippen molar-refractivity contribution in [3.05, 3.63) is 46.8 Å². The van der Waals surface area contributed by atoms with E-state index in [2.05, 4.69) is 31.2 Å². The van der Waals surface area contributed by atoms with Crippen LogP contribution in [-0.2, 0) is 23.3 Å². The molecule has 2 rings (SSSR count). The highest BCUT2D eigenvalue weighted by Gasteiger charge is 2.16. The Hall–Kier alpha value is -1.66. The zero-order valence-corrected chi connectivity index (χ0v) is 16.1. The molecule has 0 fully saturated rings. The molecule has 0 radical (unpaired) electrons. The van der Waals surface area contributed by atoms with Crippen molar-refractivity contribution in [2.45, 2.75) is 51.1 Å². The maximum atomic E-state index is 11.5. The first kappa shape index (κ1) is 18.7. The summed E-state index contributed by atoms with van der Waals surface area (Å²) in [5, 5.41) is 8.05. The molecule has 5 nitrogen and oxygen atoms in total. The number of rotatable bonds is 6. The summed E-state index contributed by atoms with van der Waals surface area (Å²) in [6.07, 6.45) is 2.14. The number of nitrogens with one attached hydrogen (secondary N) is 1. The van der Waals surface area contributed by atoms with E-state index in [1.165, 1.54) is 17.5 Å². The van der Waals surface area contributed by atoms with Gasteiger partial charge in [0.25, 0.3) is 0 Å². The molecular weight excluding hydrogens is 322 g/mol. The monoisotopic (exact) mass is 349 g/mol. The van der Waals surface area contributed by atoms with Crippen molar-refractivity contribution in [1.82, 2.24) is 15.1 Å². The third kappa shape index (κ3) is 4.24. The van der Waals surface area contributed by atoms with Crippen LogP contribution < -0.4 is 5.32 Å². The molecule has 132 valence electrons. The van der Waals surface area contributed by atoms with Crippen LogP contribution in [-0.4, -0.2) is 30.5 Å². The largest absolute Gasteiger partial charge is 0.307 e. The van der Waals surface area contributed by atoms with E-state index in [0.29, 0.717) is 4.90 Å². The van der Waals surface area contributed by atoms with E-state index in [1.54, 1.807) is 12.1 Å². The van der Waals surface area contributed by atoms with Gasteiger partial charge in [-0.1, -0.05) is 12.1 Å². The van der Waals surface area contributed by atoms with Crippen molar-refractivity contribution < 1.29 is 8.42 Å². The smallest absolute Gasteiger partial charge is 0.175 e. The number of benzene rings is 1. The second-order valence-electron chi connectivity index (χ2n) is 6.61. The lowest BCUT2D eigenvalue weighted by Crippen LogP contribution is -2.31. The highest BCUT2D eigenvalue weighted by atomic mass is 32.2. The SMILES string of the molecule is Cc1nn(C)c(C)c1C[C@H](C)N[C@H](C)c1ccc(S(C)(=O)=O)cc1. The first-order valence-electron chi connectivity index (χ1n) is 8.14. The van der Waals surface area contributed by atoms with Crippen LogP contribution in [0.5, 0.6) is 0 Å². The van der Waals surface area contributed by atoms with Gasteiger partial charge in [0.05, 0.1) is 10.6 Å². The molecule has 1 N–H and O–H groups in total. The van der Waals surface area contributed by atoms with E-state index >= 15 is 0 Å². The van der Waals surface area contributed by atoms with E-state index in [0.717, 1.165) is 17.7 Å². The summed E-state index contributed by atoms with van der Waals surface area (Å²) in [6.45, 7) is 8.39. The standard InChI is InChI=1S/C18H27N3O2S/c1-12(11-18-14(3)20-21(5)15(18)4)19-13(2)16-7-9-17(10-8-16)24(6,22)23/h7-10,12-13,19H,11H2,1-6H3/t12-,13+/m0/s1. The Kier molecular flexibility index (Phi) is 5.50. The van der Waals surface area contributed by atoms with Crippen molar-refractivity contribution >= 4 is 9.84 Å². The van der Waals surface area contributed by atoms with Crippen LogP contribution in [0.2, 0.25) is 0 Å². The highest BCUT2D eigenvalue weighted by Crippen LogP contribution is 2.19. The summed E-state index contributed by atoms with van der Waals surface area (Å²) in [4.78, 5) is 0.355. The van der Waals surface area contributed by atoms with E-state index in [1.807, 2.05) is 30.8 Å². The van der Waals surface area contributed by atoms with Gasteiger partial charge in [-0.15, -0.1) is 0 Å². The molecule has 0 spiro atoms. The maximum Gasteiger partial charge on any atom is 0.175 e. The predicted molar refractivity (Wildman–Crippen MR) is 97.0 cm³/mol. The van der Waals surface area contributed by atoms with Crippen molar-refractivity contribution in [3.8, 4) is 0 Å². The van der Waals surface area contributed by atoms with Gasteiger partial charge >= 0.3 is 0 Å². The number of nitrogens with zero attached hydrogens (tertiary/aromatic N) is 2. The van der Waals surface area contributed by atoms with E-state index < -0.39 is 9.84 Å². The Morgan fingerprint density at radius 1 is 1.17 bits per heavy atom. The number of hydrogen-bond donors (Lipinski definition) is 1. The highest BCUT2D eigenvalue weighted by molar-refractivity contribution is 7.90. The second kappa shape index (κ2) is 7.07. The molecule has 0 aliphatic rings. The Morgan fingerprint density at radius 3 is 2.21 bits per heavy atom. The van der Waals surface area contributed by atoms with E-state index in [4.69, 9.17) is 0 Å². The lowest BCUT2D eigenvalue weighted by Gasteiger charge is -2.21. The van der Waals surface area contributed by atoms with Crippen LogP contribution in [0.15, 0.2) is 29.2 Å². The van der Waals surface area contributed by atoms with Gasteiger partial charge in [-0.2, -0.15) is 5.10 Å². The average molecular weight is 350 g/mol. The van der Waals surface area contributed by atoms with Crippen molar-refractivity contribution in [1.29, 1.82) is 0 Å². The number of hydrogen-bond acceptors (Lipinski definition) is 4. The molecule has 1 aromatic carbocycles. The van der Waals surface area contributed by atoms with Gasteiger partial charge < -0.3 is 5.32 Å². The lowest BCUT2D eigenvalue weighted by atomic mass is 10.0. The quantitative estimate of drug-likeness (QED) is 0.871. The van der Waals surface area contributed by atoms with Crippen LogP contribution in [0.4, 0.5) is 0 Å². The molecular formula is C18H27N3O2S. The van der Waals surface area contributed by atoms with Crippen LogP contribution in [0.25, 0.3) is 0 Å². The Morgan fingerprint density at radius 2 is 1.75 bits per heavy atom. The van der Waals surface area contributed by atoms with Gasteiger partial charge in [0.15, 0.2) is 9.84 Å². The van der Waals surface area contributed by atoms with E-state index in [-0.39, 0.29) is 12.1 Å².